The van der Waals surface area contributed by atoms with Crippen LogP contribution in [0, 0.1) is 18.6 Å². The molecule has 5 rings (SSSR count). The molecular weight excluding hydrogens is 499 g/mol. The summed E-state index contributed by atoms with van der Waals surface area (Å²) in [5.74, 6) is -2.11. The summed E-state index contributed by atoms with van der Waals surface area (Å²) >= 11 is 0. The maximum absolute atomic E-state index is 14.0. The summed E-state index contributed by atoms with van der Waals surface area (Å²) in [5, 5.41) is 10.6. The second-order valence-electron chi connectivity index (χ2n) is 8.93. The standard InChI is InChI=1S/C22H24F2N6.C2HF3O2/c1-14-10-19-20(12-25-14)27-21(26-17-4-5-17)22(28-19)30-8-6-29(7-9-30)13-15-2-3-16(23)11-18(15)24;3-2(4,5)1(6)7/h2-3,10-12,17H,4-9,13H2,1H3,(H,26,27);(H,6,7). The molecule has 0 radical (unpaired) electrons. The van der Waals surface area contributed by atoms with Gasteiger partial charge in [0.15, 0.2) is 11.6 Å². The minimum Gasteiger partial charge on any atom is -0.475 e. The molecule has 8 nitrogen and oxygen atoms in total. The zero-order chi connectivity index (χ0) is 26.7. The third-order valence-electron chi connectivity index (χ3n) is 5.91. The zero-order valence-corrected chi connectivity index (χ0v) is 19.9. The van der Waals surface area contributed by atoms with Crippen LogP contribution in [0.15, 0.2) is 30.5 Å². The number of pyridine rings is 1. The fraction of sp³-hybridized carbons (Fsp3) is 0.417. The molecule has 0 spiro atoms. The fourth-order valence-electron chi connectivity index (χ4n) is 3.80. The van der Waals surface area contributed by atoms with Crippen molar-refractivity contribution < 1.29 is 31.9 Å². The largest absolute Gasteiger partial charge is 0.490 e. The van der Waals surface area contributed by atoms with E-state index in [0.29, 0.717) is 18.2 Å². The number of nitrogens with zero attached hydrogens (tertiary/aromatic N) is 5. The second-order valence-corrected chi connectivity index (χ2v) is 8.93. The van der Waals surface area contributed by atoms with E-state index in [9.17, 15) is 22.0 Å². The molecule has 37 heavy (non-hydrogen) atoms. The number of carboxylic acid groups (broad SMARTS) is 1. The van der Waals surface area contributed by atoms with Crippen molar-refractivity contribution in [3.05, 3.63) is 53.4 Å². The van der Waals surface area contributed by atoms with Crippen LogP contribution in [-0.2, 0) is 11.3 Å². The van der Waals surface area contributed by atoms with E-state index < -0.39 is 23.8 Å². The van der Waals surface area contributed by atoms with Gasteiger partial charge in [0.25, 0.3) is 0 Å². The number of aryl methyl sites for hydroxylation is 1. The number of fused-ring (bicyclic) bond motifs is 1. The summed E-state index contributed by atoms with van der Waals surface area (Å²) in [6, 6.07) is 6.21. The normalized spacial score (nSPS) is 16.3. The van der Waals surface area contributed by atoms with Crippen LogP contribution in [0.5, 0.6) is 0 Å². The van der Waals surface area contributed by atoms with Gasteiger partial charge in [-0.2, -0.15) is 13.2 Å². The van der Waals surface area contributed by atoms with Gasteiger partial charge in [-0.1, -0.05) is 6.07 Å². The summed E-state index contributed by atoms with van der Waals surface area (Å²) in [5.41, 5.74) is 3.07. The predicted molar refractivity (Wildman–Crippen MR) is 126 cm³/mol. The van der Waals surface area contributed by atoms with Crippen molar-refractivity contribution in [1.82, 2.24) is 19.9 Å². The minimum absolute atomic E-state index is 0.469. The molecule has 1 saturated heterocycles. The molecule has 3 heterocycles. The number of aliphatic carboxylic acids is 1. The lowest BCUT2D eigenvalue weighted by Gasteiger charge is -2.36. The maximum Gasteiger partial charge on any atom is 0.490 e. The highest BCUT2D eigenvalue weighted by Crippen LogP contribution is 2.31. The van der Waals surface area contributed by atoms with Gasteiger partial charge in [0, 0.05) is 56.1 Å². The second kappa shape index (κ2) is 10.8. The highest BCUT2D eigenvalue weighted by atomic mass is 19.4. The Morgan fingerprint density at radius 1 is 1.08 bits per heavy atom. The lowest BCUT2D eigenvalue weighted by atomic mass is 10.1. The van der Waals surface area contributed by atoms with Crippen molar-refractivity contribution in [1.29, 1.82) is 0 Å². The Hall–Kier alpha value is -3.61. The van der Waals surface area contributed by atoms with E-state index in [1.165, 1.54) is 12.1 Å². The van der Waals surface area contributed by atoms with Crippen LogP contribution in [0.25, 0.3) is 11.0 Å². The van der Waals surface area contributed by atoms with Crippen LogP contribution < -0.4 is 10.2 Å². The molecule has 0 unspecified atom stereocenters. The first-order valence-corrected chi connectivity index (χ1v) is 11.6. The number of carbonyl (C=O) groups is 1. The van der Waals surface area contributed by atoms with Gasteiger partial charge >= 0.3 is 12.1 Å². The minimum atomic E-state index is -5.08. The van der Waals surface area contributed by atoms with E-state index in [1.54, 1.807) is 6.20 Å². The van der Waals surface area contributed by atoms with Crippen molar-refractivity contribution in [3.8, 4) is 0 Å². The SMILES string of the molecule is Cc1cc2nc(N3CCN(Cc4ccc(F)cc4F)CC3)c(NC3CC3)nc2cn1.O=C(O)C(F)(F)F. The number of alkyl halides is 3. The summed E-state index contributed by atoms with van der Waals surface area (Å²) in [4.78, 5) is 27.4. The van der Waals surface area contributed by atoms with Crippen LogP contribution in [0.3, 0.4) is 0 Å². The quantitative estimate of drug-likeness (QED) is 0.481. The monoisotopic (exact) mass is 524 g/mol. The average Bonchev–Trinajstić information content (AvgIpc) is 3.65. The zero-order valence-electron chi connectivity index (χ0n) is 19.9. The summed E-state index contributed by atoms with van der Waals surface area (Å²) < 4.78 is 58.9. The number of aromatic nitrogens is 3. The Balaban J connectivity index is 0.000000405. The lowest BCUT2D eigenvalue weighted by molar-refractivity contribution is -0.192. The van der Waals surface area contributed by atoms with Gasteiger partial charge in [0.1, 0.15) is 17.2 Å². The Bertz CT molecular complexity index is 1280. The molecule has 0 atom stereocenters. The van der Waals surface area contributed by atoms with E-state index in [4.69, 9.17) is 19.9 Å². The number of piperazine rings is 1. The summed E-state index contributed by atoms with van der Waals surface area (Å²) in [6.07, 6.45) is -1.00. The lowest BCUT2D eigenvalue weighted by Crippen LogP contribution is -2.46. The van der Waals surface area contributed by atoms with Crippen LogP contribution in [-0.4, -0.2) is 69.3 Å². The molecule has 0 bridgehead atoms. The van der Waals surface area contributed by atoms with E-state index in [2.05, 4.69) is 20.1 Å². The molecule has 3 aromatic rings. The Kier molecular flexibility index (Phi) is 7.71. The number of hydrogen-bond donors (Lipinski definition) is 2. The van der Waals surface area contributed by atoms with Crippen LogP contribution in [0.4, 0.5) is 33.6 Å². The maximum atomic E-state index is 14.0. The van der Waals surface area contributed by atoms with Gasteiger partial charge in [-0.05, 0) is 31.9 Å². The predicted octanol–water partition coefficient (Wildman–Crippen LogP) is 4.14. The smallest absolute Gasteiger partial charge is 0.475 e. The average molecular weight is 524 g/mol. The van der Waals surface area contributed by atoms with Crippen molar-refractivity contribution in [2.45, 2.75) is 38.5 Å². The number of carboxylic acids is 1. The van der Waals surface area contributed by atoms with Crippen molar-refractivity contribution >= 4 is 28.6 Å². The van der Waals surface area contributed by atoms with Crippen LogP contribution in [0.1, 0.15) is 24.1 Å². The number of hydrogen-bond acceptors (Lipinski definition) is 7. The van der Waals surface area contributed by atoms with Gasteiger partial charge in [0.2, 0.25) is 0 Å². The van der Waals surface area contributed by atoms with E-state index in [-0.39, 0.29) is 0 Å². The van der Waals surface area contributed by atoms with Crippen LogP contribution in [0.2, 0.25) is 0 Å². The number of benzene rings is 1. The van der Waals surface area contributed by atoms with E-state index in [1.807, 2.05) is 13.0 Å². The van der Waals surface area contributed by atoms with Crippen LogP contribution >= 0.6 is 0 Å². The Labute approximate surface area is 209 Å². The third kappa shape index (κ3) is 7.00. The highest BCUT2D eigenvalue weighted by molar-refractivity contribution is 5.80. The van der Waals surface area contributed by atoms with E-state index >= 15 is 0 Å². The van der Waals surface area contributed by atoms with Gasteiger partial charge in [-0.25, -0.2) is 23.5 Å². The van der Waals surface area contributed by atoms with Gasteiger partial charge in [-0.15, -0.1) is 0 Å². The first-order chi connectivity index (χ1) is 17.5. The number of halogens is 5. The summed E-state index contributed by atoms with van der Waals surface area (Å²) in [7, 11) is 0. The van der Waals surface area contributed by atoms with Gasteiger partial charge < -0.3 is 15.3 Å². The molecule has 2 aromatic heterocycles. The molecule has 0 amide bonds. The molecule has 2 aliphatic rings. The van der Waals surface area contributed by atoms with Gasteiger partial charge in [0.05, 0.1) is 11.7 Å². The molecular formula is C24H25F5N6O2. The number of nitrogens with one attached hydrogen (secondary N) is 1. The van der Waals surface area contributed by atoms with Crippen molar-refractivity contribution in [3.63, 3.8) is 0 Å². The Morgan fingerprint density at radius 3 is 2.35 bits per heavy atom. The molecule has 13 heteroatoms. The Morgan fingerprint density at radius 2 is 1.76 bits per heavy atom. The third-order valence-corrected chi connectivity index (χ3v) is 5.91. The fourth-order valence-corrected chi connectivity index (χ4v) is 3.80. The molecule has 1 saturated carbocycles. The topological polar surface area (TPSA) is 94.5 Å². The molecule has 2 fully saturated rings. The van der Waals surface area contributed by atoms with Gasteiger partial charge in [-0.3, -0.25) is 9.88 Å². The molecule has 1 aromatic carbocycles. The first kappa shape index (κ1) is 26.5. The van der Waals surface area contributed by atoms with Crippen molar-refractivity contribution in [2.75, 3.05) is 36.4 Å². The highest BCUT2D eigenvalue weighted by Gasteiger charge is 2.38. The molecule has 198 valence electrons. The number of anilines is 2. The summed E-state index contributed by atoms with van der Waals surface area (Å²) in [6.45, 7) is 5.51. The first-order valence-electron chi connectivity index (χ1n) is 11.6. The van der Waals surface area contributed by atoms with Crippen molar-refractivity contribution in [2.24, 2.45) is 0 Å². The molecule has 1 aliphatic carbocycles. The molecule has 2 N–H and O–H groups in total. The molecule has 1 aliphatic heterocycles. The number of rotatable bonds is 5. The van der Waals surface area contributed by atoms with E-state index in [0.717, 1.165) is 73.5 Å².